The first-order valence-corrected chi connectivity index (χ1v) is 7.81. The van der Waals surface area contributed by atoms with E-state index in [9.17, 15) is 8.42 Å². The van der Waals surface area contributed by atoms with Crippen LogP contribution in [0.4, 0.5) is 11.4 Å². The first-order valence-electron chi connectivity index (χ1n) is 5.95. The summed E-state index contributed by atoms with van der Waals surface area (Å²) in [7, 11) is -3.67. The van der Waals surface area contributed by atoms with E-state index in [1.54, 1.807) is 37.3 Å². The molecule has 0 amide bonds. The van der Waals surface area contributed by atoms with Crippen molar-refractivity contribution >= 4 is 33.0 Å². The predicted octanol–water partition coefficient (Wildman–Crippen LogP) is 3.34. The molecule has 0 bridgehead atoms. The Morgan fingerprint density at radius 1 is 1.15 bits per heavy atom. The van der Waals surface area contributed by atoms with Crippen molar-refractivity contribution in [3.8, 4) is 0 Å². The van der Waals surface area contributed by atoms with Crippen LogP contribution in [-0.4, -0.2) is 8.42 Å². The second-order valence-corrected chi connectivity index (χ2v) is 6.60. The van der Waals surface area contributed by atoms with Gasteiger partial charge in [0.05, 0.1) is 4.90 Å². The van der Waals surface area contributed by atoms with E-state index in [0.29, 0.717) is 22.0 Å². The van der Waals surface area contributed by atoms with E-state index < -0.39 is 10.0 Å². The molecule has 0 atom stereocenters. The number of nitrogens with two attached hydrogens (primary N) is 1. The smallest absolute Gasteiger partial charge is 0.262 e. The van der Waals surface area contributed by atoms with Crippen LogP contribution in [0.2, 0.25) is 5.02 Å². The number of anilines is 2. The van der Waals surface area contributed by atoms with Crippen LogP contribution in [0.5, 0.6) is 0 Å². The third kappa shape index (κ3) is 2.89. The van der Waals surface area contributed by atoms with E-state index in [-0.39, 0.29) is 4.90 Å². The number of aryl methyl sites for hydroxylation is 1. The van der Waals surface area contributed by atoms with E-state index in [1.807, 2.05) is 6.92 Å². The van der Waals surface area contributed by atoms with Crippen molar-refractivity contribution in [2.45, 2.75) is 18.7 Å². The van der Waals surface area contributed by atoms with Gasteiger partial charge in [0.1, 0.15) is 0 Å². The first kappa shape index (κ1) is 14.7. The van der Waals surface area contributed by atoms with Crippen LogP contribution in [-0.2, 0) is 10.0 Å². The highest BCUT2D eigenvalue weighted by Gasteiger charge is 2.18. The lowest BCUT2D eigenvalue weighted by molar-refractivity contribution is 0.600. The van der Waals surface area contributed by atoms with Gasteiger partial charge >= 0.3 is 0 Å². The molecule has 0 aliphatic rings. The number of hydrogen-bond acceptors (Lipinski definition) is 3. The number of benzene rings is 2. The van der Waals surface area contributed by atoms with Crippen molar-refractivity contribution in [2.24, 2.45) is 0 Å². The van der Waals surface area contributed by atoms with Gasteiger partial charge in [-0.1, -0.05) is 17.7 Å². The highest BCUT2D eigenvalue weighted by molar-refractivity contribution is 7.92. The number of hydrogen-bond donors (Lipinski definition) is 2. The second kappa shape index (κ2) is 5.34. The summed E-state index contributed by atoms with van der Waals surface area (Å²) in [4.78, 5) is 0.166. The Hall–Kier alpha value is -1.72. The van der Waals surface area contributed by atoms with Crippen molar-refractivity contribution in [1.29, 1.82) is 0 Å². The number of sulfonamides is 1. The standard InChI is InChI=1S/C14H15ClN2O2S/c1-9-8-11(6-7-13(9)16)17-20(18,19)14-5-3-4-12(15)10(14)2/h3-8,17H,16H2,1-2H3. The molecule has 2 rings (SSSR count). The lowest BCUT2D eigenvalue weighted by Crippen LogP contribution is -2.14. The van der Waals surface area contributed by atoms with Crippen molar-refractivity contribution in [3.05, 3.63) is 52.5 Å². The molecule has 4 nitrogen and oxygen atoms in total. The molecule has 20 heavy (non-hydrogen) atoms. The lowest BCUT2D eigenvalue weighted by atomic mass is 10.2. The van der Waals surface area contributed by atoms with Gasteiger partial charge in [-0.2, -0.15) is 0 Å². The van der Waals surface area contributed by atoms with Gasteiger partial charge in [0.25, 0.3) is 10.0 Å². The van der Waals surface area contributed by atoms with Crippen LogP contribution in [0.15, 0.2) is 41.3 Å². The fourth-order valence-corrected chi connectivity index (χ4v) is 3.38. The lowest BCUT2D eigenvalue weighted by Gasteiger charge is -2.12. The van der Waals surface area contributed by atoms with Crippen molar-refractivity contribution in [1.82, 2.24) is 0 Å². The zero-order valence-corrected chi connectivity index (χ0v) is 12.7. The zero-order chi connectivity index (χ0) is 14.9. The molecule has 106 valence electrons. The summed E-state index contributed by atoms with van der Waals surface area (Å²) in [6, 6.07) is 9.76. The van der Waals surface area contributed by atoms with E-state index >= 15 is 0 Å². The maximum atomic E-state index is 12.4. The molecule has 2 aromatic rings. The molecule has 0 radical (unpaired) electrons. The molecule has 0 aliphatic heterocycles. The number of nitrogens with one attached hydrogen (secondary N) is 1. The Kier molecular flexibility index (Phi) is 3.92. The minimum Gasteiger partial charge on any atom is -0.399 e. The summed E-state index contributed by atoms with van der Waals surface area (Å²) >= 11 is 5.96. The fourth-order valence-electron chi connectivity index (χ4n) is 1.83. The molecule has 0 heterocycles. The van der Waals surface area contributed by atoms with E-state index in [1.165, 1.54) is 6.07 Å². The SMILES string of the molecule is Cc1cc(NS(=O)(=O)c2cccc(Cl)c2C)ccc1N. The van der Waals surface area contributed by atoms with Crippen LogP contribution in [0.25, 0.3) is 0 Å². The molecule has 0 aliphatic carbocycles. The topological polar surface area (TPSA) is 72.2 Å². The third-order valence-electron chi connectivity index (χ3n) is 3.03. The predicted molar refractivity (Wildman–Crippen MR) is 82.6 cm³/mol. The van der Waals surface area contributed by atoms with E-state index in [0.717, 1.165) is 5.56 Å². The molecule has 3 N–H and O–H groups in total. The molecule has 0 saturated carbocycles. The normalized spacial score (nSPS) is 11.3. The second-order valence-electron chi connectivity index (χ2n) is 4.54. The van der Waals surface area contributed by atoms with Crippen molar-refractivity contribution in [3.63, 3.8) is 0 Å². The van der Waals surface area contributed by atoms with Gasteiger partial charge in [-0.15, -0.1) is 0 Å². The number of halogens is 1. The average Bonchev–Trinajstić information content (AvgIpc) is 2.36. The van der Waals surface area contributed by atoms with Gasteiger partial charge in [0.2, 0.25) is 0 Å². The monoisotopic (exact) mass is 310 g/mol. The van der Waals surface area contributed by atoms with Gasteiger partial charge in [0, 0.05) is 16.4 Å². The molecule has 0 unspecified atom stereocenters. The van der Waals surface area contributed by atoms with Crippen LogP contribution < -0.4 is 10.5 Å². The summed E-state index contributed by atoms with van der Waals surface area (Å²) in [5.74, 6) is 0. The van der Waals surface area contributed by atoms with Crippen LogP contribution in [0.1, 0.15) is 11.1 Å². The maximum Gasteiger partial charge on any atom is 0.262 e. The summed E-state index contributed by atoms with van der Waals surface area (Å²) < 4.78 is 27.3. The first-order chi connectivity index (χ1) is 9.31. The molecule has 0 saturated heterocycles. The molecule has 0 aromatic heterocycles. The Labute approximate surface area is 123 Å². The fraction of sp³-hybridized carbons (Fsp3) is 0.143. The summed E-state index contributed by atoms with van der Waals surface area (Å²) in [5, 5.41) is 0.418. The highest BCUT2D eigenvalue weighted by Crippen LogP contribution is 2.25. The molecular weight excluding hydrogens is 296 g/mol. The minimum absolute atomic E-state index is 0.166. The number of rotatable bonds is 3. The summed E-state index contributed by atoms with van der Waals surface area (Å²) in [6.45, 7) is 3.49. The molecule has 0 spiro atoms. The third-order valence-corrected chi connectivity index (χ3v) is 4.96. The molecular formula is C14H15ClN2O2S. The van der Waals surface area contributed by atoms with Crippen molar-refractivity contribution in [2.75, 3.05) is 10.5 Å². The van der Waals surface area contributed by atoms with Gasteiger partial charge in [-0.3, -0.25) is 4.72 Å². The Morgan fingerprint density at radius 2 is 1.85 bits per heavy atom. The minimum atomic E-state index is -3.67. The Morgan fingerprint density at radius 3 is 2.50 bits per heavy atom. The quantitative estimate of drug-likeness (QED) is 0.854. The van der Waals surface area contributed by atoms with Gasteiger partial charge < -0.3 is 5.73 Å². The van der Waals surface area contributed by atoms with Gasteiger partial charge in [-0.05, 0) is 55.3 Å². The largest absolute Gasteiger partial charge is 0.399 e. The summed E-state index contributed by atoms with van der Waals surface area (Å²) in [6.07, 6.45) is 0. The molecule has 0 fully saturated rings. The van der Waals surface area contributed by atoms with E-state index in [4.69, 9.17) is 17.3 Å². The molecule has 2 aromatic carbocycles. The average molecular weight is 311 g/mol. The maximum absolute atomic E-state index is 12.4. The van der Waals surface area contributed by atoms with Gasteiger partial charge in [0.15, 0.2) is 0 Å². The van der Waals surface area contributed by atoms with Gasteiger partial charge in [-0.25, -0.2) is 8.42 Å². The van der Waals surface area contributed by atoms with Crippen LogP contribution in [0, 0.1) is 13.8 Å². The Balaban J connectivity index is 2.41. The number of nitrogen functional groups attached to an aromatic ring is 1. The van der Waals surface area contributed by atoms with E-state index in [2.05, 4.69) is 4.72 Å². The highest BCUT2D eigenvalue weighted by atomic mass is 35.5. The van der Waals surface area contributed by atoms with Crippen LogP contribution >= 0.6 is 11.6 Å². The van der Waals surface area contributed by atoms with Crippen molar-refractivity contribution < 1.29 is 8.42 Å². The molecule has 6 heteroatoms. The zero-order valence-electron chi connectivity index (χ0n) is 11.1. The van der Waals surface area contributed by atoms with Crippen LogP contribution in [0.3, 0.4) is 0 Å². The Bertz CT molecular complexity index is 758. The summed E-state index contributed by atoms with van der Waals surface area (Å²) in [5.41, 5.74) is 8.13.